The Balaban J connectivity index is 1.80. The molecule has 3 nitrogen and oxygen atoms in total. The highest BCUT2D eigenvalue weighted by molar-refractivity contribution is 9.09. The molecule has 0 saturated carbocycles. The van der Waals surface area contributed by atoms with Gasteiger partial charge < -0.3 is 9.47 Å². The van der Waals surface area contributed by atoms with Gasteiger partial charge in [0.05, 0.1) is 19.3 Å². The molecule has 0 bridgehead atoms. The standard InChI is InChI=1S/C15H19BrClNO2/c1-10-9-20-14(6-16)8-18(10)7-12-5-13(17)4-11-2-3-19-15(11)12/h4-5,10,14H,2-3,6-9H2,1H3. The first-order chi connectivity index (χ1) is 9.67. The predicted octanol–water partition coefficient (Wildman–Crippen LogP) is 3.26. The van der Waals surface area contributed by atoms with Crippen molar-refractivity contribution in [2.24, 2.45) is 0 Å². The molecular formula is C15H19BrClNO2. The first-order valence-electron chi connectivity index (χ1n) is 7.03. The molecule has 0 N–H and O–H groups in total. The monoisotopic (exact) mass is 359 g/mol. The molecule has 1 aromatic rings. The van der Waals surface area contributed by atoms with Crippen molar-refractivity contribution in [3.05, 3.63) is 28.3 Å². The highest BCUT2D eigenvalue weighted by Gasteiger charge is 2.27. The maximum absolute atomic E-state index is 6.23. The SMILES string of the molecule is CC1COC(CBr)CN1Cc1cc(Cl)cc2c1OCC2. The van der Waals surface area contributed by atoms with Crippen LogP contribution in [0, 0.1) is 0 Å². The van der Waals surface area contributed by atoms with Crippen LogP contribution >= 0.6 is 27.5 Å². The number of hydrogen-bond donors (Lipinski definition) is 0. The second-order valence-corrected chi connectivity index (χ2v) is 6.62. The van der Waals surface area contributed by atoms with Crippen LogP contribution in [0.2, 0.25) is 5.02 Å². The Morgan fingerprint density at radius 3 is 3.10 bits per heavy atom. The van der Waals surface area contributed by atoms with Crippen LogP contribution in [0.4, 0.5) is 0 Å². The van der Waals surface area contributed by atoms with E-state index in [1.807, 2.05) is 12.1 Å². The Kier molecular flexibility index (Phi) is 4.55. The van der Waals surface area contributed by atoms with Crippen molar-refractivity contribution in [1.29, 1.82) is 0 Å². The highest BCUT2D eigenvalue weighted by atomic mass is 79.9. The van der Waals surface area contributed by atoms with Gasteiger partial charge >= 0.3 is 0 Å². The number of ether oxygens (including phenoxy) is 2. The van der Waals surface area contributed by atoms with Gasteiger partial charge in [-0.05, 0) is 24.6 Å². The smallest absolute Gasteiger partial charge is 0.127 e. The summed E-state index contributed by atoms with van der Waals surface area (Å²) in [6.45, 7) is 5.56. The molecule has 1 aromatic carbocycles. The summed E-state index contributed by atoms with van der Waals surface area (Å²) in [6, 6.07) is 4.48. The van der Waals surface area contributed by atoms with Crippen molar-refractivity contribution in [1.82, 2.24) is 4.90 Å². The zero-order chi connectivity index (χ0) is 14.1. The minimum atomic E-state index is 0.263. The number of hydrogen-bond acceptors (Lipinski definition) is 3. The maximum atomic E-state index is 6.23. The van der Waals surface area contributed by atoms with Crippen LogP contribution in [-0.4, -0.2) is 42.1 Å². The molecule has 0 spiro atoms. The molecule has 1 fully saturated rings. The Bertz CT molecular complexity index is 497. The number of rotatable bonds is 3. The Hall–Kier alpha value is -0.290. The summed E-state index contributed by atoms with van der Waals surface area (Å²) in [7, 11) is 0. The van der Waals surface area contributed by atoms with E-state index in [9.17, 15) is 0 Å². The zero-order valence-corrected chi connectivity index (χ0v) is 13.9. The van der Waals surface area contributed by atoms with Crippen LogP contribution in [0.15, 0.2) is 12.1 Å². The molecule has 0 amide bonds. The topological polar surface area (TPSA) is 21.7 Å². The van der Waals surface area contributed by atoms with Crippen LogP contribution in [0.5, 0.6) is 5.75 Å². The highest BCUT2D eigenvalue weighted by Crippen LogP contribution is 2.34. The molecule has 3 rings (SSSR count). The van der Waals surface area contributed by atoms with Gasteiger partial charge in [0.1, 0.15) is 5.75 Å². The minimum absolute atomic E-state index is 0.263. The molecule has 0 aliphatic carbocycles. The number of fused-ring (bicyclic) bond motifs is 1. The first-order valence-corrected chi connectivity index (χ1v) is 8.53. The zero-order valence-electron chi connectivity index (χ0n) is 11.6. The van der Waals surface area contributed by atoms with Gasteiger partial charge in [0.15, 0.2) is 0 Å². The van der Waals surface area contributed by atoms with Gasteiger partial charge in [-0.25, -0.2) is 0 Å². The fourth-order valence-electron chi connectivity index (χ4n) is 2.87. The quantitative estimate of drug-likeness (QED) is 0.772. The molecule has 2 aliphatic heterocycles. The summed E-state index contributed by atoms with van der Waals surface area (Å²) in [5, 5.41) is 1.68. The summed E-state index contributed by atoms with van der Waals surface area (Å²) in [6.07, 6.45) is 1.23. The molecule has 2 aliphatic rings. The molecule has 0 radical (unpaired) electrons. The van der Waals surface area contributed by atoms with Crippen LogP contribution in [-0.2, 0) is 17.7 Å². The van der Waals surface area contributed by atoms with E-state index in [0.717, 1.165) is 48.8 Å². The lowest BCUT2D eigenvalue weighted by molar-refractivity contribution is -0.0501. The summed E-state index contributed by atoms with van der Waals surface area (Å²) in [5.74, 6) is 1.04. The number of halogens is 2. The molecule has 5 heteroatoms. The summed E-state index contributed by atoms with van der Waals surface area (Å²) in [5.41, 5.74) is 2.44. The van der Waals surface area contributed by atoms with E-state index in [-0.39, 0.29) is 6.10 Å². The Labute approximate surface area is 133 Å². The molecular weight excluding hydrogens is 342 g/mol. The van der Waals surface area contributed by atoms with E-state index in [4.69, 9.17) is 21.1 Å². The number of morpholine rings is 1. The summed E-state index contributed by atoms with van der Waals surface area (Å²) >= 11 is 9.74. The van der Waals surface area contributed by atoms with Gasteiger partial charge in [0.2, 0.25) is 0 Å². The third-order valence-electron chi connectivity index (χ3n) is 4.01. The minimum Gasteiger partial charge on any atom is -0.493 e. The molecule has 2 heterocycles. The van der Waals surface area contributed by atoms with Crippen molar-refractivity contribution in [2.75, 3.05) is 25.1 Å². The van der Waals surface area contributed by atoms with Gasteiger partial charge in [0.25, 0.3) is 0 Å². The van der Waals surface area contributed by atoms with E-state index >= 15 is 0 Å². The number of alkyl halides is 1. The third kappa shape index (κ3) is 2.98. The molecule has 2 atom stereocenters. The lowest BCUT2D eigenvalue weighted by atomic mass is 10.1. The fraction of sp³-hybridized carbons (Fsp3) is 0.600. The van der Waals surface area contributed by atoms with Crippen molar-refractivity contribution in [2.45, 2.75) is 32.0 Å². The second kappa shape index (κ2) is 6.22. The van der Waals surface area contributed by atoms with E-state index in [2.05, 4.69) is 27.8 Å². The molecule has 20 heavy (non-hydrogen) atoms. The van der Waals surface area contributed by atoms with Crippen LogP contribution in [0.1, 0.15) is 18.1 Å². The van der Waals surface area contributed by atoms with E-state index in [0.29, 0.717) is 6.04 Å². The largest absolute Gasteiger partial charge is 0.493 e. The normalized spacial score (nSPS) is 26.4. The Morgan fingerprint density at radius 2 is 2.30 bits per heavy atom. The summed E-state index contributed by atoms with van der Waals surface area (Å²) < 4.78 is 11.6. The first kappa shape index (κ1) is 14.6. The van der Waals surface area contributed by atoms with Crippen molar-refractivity contribution < 1.29 is 9.47 Å². The average molecular weight is 361 g/mol. The molecule has 2 unspecified atom stereocenters. The summed E-state index contributed by atoms with van der Waals surface area (Å²) in [4.78, 5) is 2.45. The maximum Gasteiger partial charge on any atom is 0.127 e. The van der Waals surface area contributed by atoms with Gasteiger partial charge in [-0.1, -0.05) is 27.5 Å². The Morgan fingerprint density at radius 1 is 1.45 bits per heavy atom. The lowest BCUT2D eigenvalue weighted by Crippen LogP contribution is -2.48. The van der Waals surface area contributed by atoms with Gasteiger partial charge in [-0.15, -0.1) is 0 Å². The molecule has 1 saturated heterocycles. The fourth-order valence-corrected chi connectivity index (χ4v) is 3.53. The van der Waals surface area contributed by atoms with Gasteiger partial charge in [-0.3, -0.25) is 4.90 Å². The van der Waals surface area contributed by atoms with Gasteiger partial charge in [-0.2, -0.15) is 0 Å². The van der Waals surface area contributed by atoms with Crippen molar-refractivity contribution >= 4 is 27.5 Å². The van der Waals surface area contributed by atoms with E-state index < -0.39 is 0 Å². The second-order valence-electron chi connectivity index (χ2n) is 5.54. The third-order valence-corrected chi connectivity index (χ3v) is 4.95. The van der Waals surface area contributed by atoms with Crippen LogP contribution < -0.4 is 4.74 Å². The lowest BCUT2D eigenvalue weighted by Gasteiger charge is -2.37. The van der Waals surface area contributed by atoms with Crippen molar-refractivity contribution in [3.63, 3.8) is 0 Å². The van der Waals surface area contributed by atoms with E-state index in [1.54, 1.807) is 0 Å². The van der Waals surface area contributed by atoms with Gasteiger partial charge in [0, 0.05) is 41.5 Å². The van der Waals surface area contributed by atoms with E-state index in [1.165, 1.54) is 11.1 Å². The number of nitrogens with zero attached hydrogens (tertiary/aromatic N) is 1. The van der Waals surface area contributed by atoms with Crippen LogP contribution in [0.3, 0.4) is 0 Å². The molecule has 0 aromatic heterocycles. The predicted molar refractivity (Wildman–Crippen MR) is 84.1 cm³/mol. The van der Waals surface area contributed by atoms with Crippen molar-refractivity contribution in [3.8, 4) is 5.75 Å². The molecule has 110 valence electrons. The number of benzene rings is 1. The average Bonchev–Trinajstić information content (AvgIpc) is 2.89. The van der Waals surface area contributed by atoms with Crippen LogP contribution in [0.25, 0.3) is 0 Å².